The normalized spacial score (nSPS) is 18.9. The number of nitrogens with one attached hydrogen (secondary N) is 1. The second-order valence-corrected chi connectivity index (χ2v) is 6.82. The predicted octanol–water partition coefficient (Wildman–Crippen LogP) is 1.56. The van der Waals surface area contributed by atoms with E-state index >= 15 is 0 Å². The van der Waals surface area contributed by atoms with Crippen molar-refractivity contribution in [2.75, 3.05) is 32.8 Å². The Kier molecular flexibility index (Phi) is 12.1. The van der Waals surface area contributed by atoms with E-state index in [-0.39, 0.29) is 36.2 Å². The van der Waals surface area contributed by atoms with Crippen molar-refractivity contribution < 1.29 is 14.3 Å². The fourth-order valence-corrected chi connectivity index (χ4v) is 2.99. The van der Waals surface area contributed by atoms with E-state index in [0.29, 0.717) is 38.6 Å². The lowest BCUT2D eigenvalue weighted by Crippen LogP contribution is -2.46. The zero-order valence-electron chi connectivity index (χ0n) is 15.3. The van der Waals surface area contributed by atoms with Crippen molar-refractivity contribution in [1.29, 1.82) is 0 Å². The predicted molar refractivity (Wildman–Crippen MR) is 98.1 cm³/mol. The van der Waals surface area contributed by atoms with E-state index < -0.39 is 0 Å². The first kappa shape index (κ1) is 23.1. The third kappa shape index (κ3) is 8.85. The SMILES string of the molecule is CC(C)CC(C)OCCC(=O)N1CCCC(C(=O)NCCN)C1.Cl. The lowest BCUT2D eigenvalue weighted by Gasteiger charge is -2.32. The molecular weight excluding hydrogens is 330 g/mol. The summed E-state index contributed by atoms with van der Waals surface area (Å²) in [7, 11) is 0. The summed E-state index contributed by atoms with van der Waals surface area (Å²) in [5.74, 6) is 0.573. The summed E-state index contributed by atoms with van der Waals surface area (Å²) in [6, 6.07) is 0. The molecule has 6 nitrogen and oxygen atoms in total. The van der Waals surface area contributed by atoms with E-state index in [0.717, 1.165) is 25.8 Å². The number of piperidine rings is 1. The fraction of sp³-hybridized carbons (Fsp3) is 0.882. The molecule has 2 amide bonds. The average Bonchev–Trinajstić information content (AvgIpc) is 2.51. The van der Waals surface area contributed by atoms with Crippen LogP contribution in [-0.4, -0.2) is 55.6 Å². The molecule has 3 N–H and O–H groups in total. The number of ether oxygens (including phenoxy) is 1. The molecule has 2 unspecified atom stereocenters. The zero-order valence-corrected chi connectivity index (χ0v) is 16.1. The Hall–Kier alpha value is -0.850. The number of carbonyl (C=O) groups is 2. The van der Waals surface area contributed by atoms with Gasteiger partial charge in [0.05, 0.1) is 25.0 Å². The molecule has 7 heteroatoms. The molecule has 1 heterocycles. The minimum atomic E-state index is -0.111. The molecule has 2 atom stereocenters. The van der Waals surface area contributed by atoms with Crippen LogP contribution in [0.1, 0.15) is 46.5 Å². The monoisotopic (exact) mass is 363 g/mol. The summed E-state index contributed by atoms with van der Waals surface area (Å²) in [6.07, 6.45) is 3.28. The van der Waals surface area contributed by atoms with Gasteiger partial charge in [-0.25, -0.2) is 0 Å². The number of carbonyl (C=O) groups excluding carboxylic acids is 2. The van der Waals surface area contributed by atoms with Crippen LogP contribution in [-0.2, 0) is 14.3 Å². The highest BCUT2D eigenvalue weighted by molar-refractivity contribution is 5.85. The minimum absolute atomic E-state index is 0. The van der Waals surface area contributed by atoms with Crippen LogP contribution >= 0.6 is 12.4 Å². The lowest BCUT2D eigenvalue weighted by atomic mass is 9.97. The second kappa shape index (κ2) is 12.5. The van der Waals surface area contributed by atoms with Crippen molar-refractivity contribution in [2.45, 2.75) is 52.6 Å². The maximum atomic E-state index is 12.3. The van der Waals surface area contributed by atoms with E-state index in [1.807, 2.05) is 6.92 Å². The van der Waals surface area contributed by atoms with Gasteiger partial charge < -0.3 is 20.7 Å². The van der Waals surface area contributed by atoms with E-state index in [4.69, 9.17) is 10.5 Å². The van der Waals surface area contributed by atoms with Crippen LogP contribution in [0.3, 0.4) is 0 Å². The maximum Gasteiger partial charge on any atom is 0.224 e. The first-order chi connectivity index (χ1) is 10.9. The lowest BCUT2D eigenvalue weighted by molar-refractivity contribution is -0.136. The number of amides is 2. The Balaban J connectivity index is 0.00000529. The van der Waals surface area contributed by atoms with Crippen molar-refractivity contribution in [3.05, 3.63) is 0 Å². The van der Waals surface area contributed by atoms with Crippen molar-refractivity contribution in [3.8, 4) is 0 Å². The van der Waals surface area contributed by atoms with Gasteiger partial charge in [0.25, 0.3) is 0 Å². The van der Waals surface area contributed by atoms with Crippen LogP contribution in [0.4, 0.5) is 0 Å². The molecule has 0 aromatic rings. The van der Waals surface area contributed by atoms with Crippen LogP contribution in [0.5, 0.6) is 0 Å². The van der Waals surface area contributed by atoms with Gasteiger partial charge in [0, 0.05) is 26.2 Å². The van der Waals surface area contributed by atoms with Crippen molar-refractivity contribution in [1.82, 2.24) is 10.2 Å². The highest BCUT2D eigenvalue weighted by Gasteiger charge is 2.27. The van der Waals surface area contributed by atoms with E-state index in [1.165, 1.54) is 0 Å². The van der Waals surface area contributed by atoms with Gasteiger partial charge in [0.15, 0.2) is 0 Å². The molecule has 0 aliphatic carbocycles. The minimum Gasteiger partial charge on any atom is -0.378 e. The van der Waals surface area contributed by atoms with Crippen molar-refractivity contribution in [3.63, 3.8) is 0 Å². The number of halogens is 1. The van der Waals surface area contributed by atoms with Crippen LogP contribution < -0.4 is 11.1 Å². The maximum absolute atomic E-state index is 12.3. The molecule has 142 valence electrons. The van der Waals surface area contributed by atoms with Gasteiger partial charge in [-0.1, -0.05) is 13.8 Å². The van der Waals surface area contributed by atoms with Gasteiger partial charge in [-0.05, 0) is 32.1 Å². The molecule has 0 radical (unpaired) electrons. The van der Waals surface area contributed by atoms with Gasteiger partial charge in [-0.15, -0.1) is 12.4 Å². The number of nitrogens with zero attached hydrogens (tertiary/aromatic N) is 1. The fourth-order valence-electron chi connectivity index (χ4n) is 2.99. The Morgan fingerprint density at radius 2 is 2.04 bits per heavy atom. The zero-order chi connectivity index (χ0) is 17.2. The van der Waals surface area contributed by atoms with Crippen LogP contribution in [0, 0.1) is 11.8 Å². The van der Waals surface area contributed by atoms with Crippen LogP contribution in [0.25, 0.3) is 0 Å². The highest BCUT2D eigenvalue weighted by atomic mass is 35.5. The van der Waals surface area contributed by atoms with Crippen LogP contribution in [0.15, 0.2) is 0 Å². The third-order valence-electron chi connectivity index (χ3n) is 4.11. The Morgan fingerprint density at radius 3 is 2.67 bits per heavy atom. The number of rotatable bonds is 9. The number of hydrogen-bond donors (Lipinski definition) is 2. The first-order valence-electron chi connectivity index (χ1n) is 8.81. The summed E-state index contributed by atoms with van der Waals surface area (Å²) in [5.41, 5.74) is 5.40. The standard InChI is InChI=1S/C17H33N3O3.ClH/c1-13(2)11-14(3)23-10-6-16(21)20-9-4-5-15(12-20)17(22)19-8-7-18;/h13-15H,4-12,18H2,1-3H3,(H,19,22);1H. The van der Waals surface area contributed by atoms with Gasteiger partial charge in [0.2, 0.25) is 11.8 Å². The topological polar surface area (TPSA) is 84.7 Å². The average molecular weight is 364 g/mol. The third-order valence-corrected chi connectivity index (χ3v) is 4.11. The highest BCUT2D eigenvalue weighted by Crippen LogP contribution is 2.17. The molecular formula is C17H34ClN3O3. The second-order valence-electron chi connectivity index (χ2n) is 6.82. The summed E-state index contributed by atoms with van der Waals surface area (Å²) in [6.45, 7) is 9.00. The molecule has 0 bridgehead atoms. The van der Waals surface area contributed by atoms with E-state index in [1.54, 1.807) is 4.90 Å². The Bertz CT molecular complexity index is 380. The summed E-state index contributed by atoms with van der Waals surface area (Å²) < 4.78 is 5.70. The Labute approximate surface area is 152 Å². The Morgan fingerprint density at radius 1 is 1.33 bits per heavy atom. The van der Waals surface area contributed by atoms with E-state index in [2.05, 4.69) is 19.2 Å². The molecule has 1 saturated heterocycles. The van der Waals surface area contributed by atoms with Crippen LogP contribution in [0.2, 0.25) is 0 Å². The quantitative estimate of drug-likeness (QED) is 0.651. The van der Waals surface area contributed by atoms with Crippen molar-refractivity contribution in [2.24, 2.45) is 17.6 Å². The molecule has 0 aromatic heterocycles. The van der Waals surface area contributed by atoms with E-state index in [9.17, 15) is 9.59 Å². The molecule has 0 aromatic carbocycles. The van der Waals surface area contributed by atoms with Gasteiger partial charge in [-0.3, -0.25) is 9.59 Å². The summed E-state index contributed by atoms with van der Waals surface area (Å²) in [4.78, 5) is 26.1. The number of likely N-dealkylation sites (tertiary alicyclic amines) is 1. The van der Waals surface area contributed by atoms with Crippen molar-refractivity contribution >= 4 is 24.2 Å². The van der Waals surface area contributed by atoms with Gasteiger partial charge in [-0.2, -0.15) is 0 Å². The number of hydrogen-bond acceptors (Lipinski definition) is 4. The molecule has 1 rings (SSSR count). The molecule has 0 spiro atoms. The summed E-state index contributed by atoms with van der Waals surface area (Å²) in [5, 5.41) is 2.81. The molecule has 0 saturated carbocycles. The number of nitrogens with two attached hydrogens (primary N) is 1. The molecule has 24 heavy (non-hydrogen) atoms. The molecule has 1 fully saturated rings. The molecule has 1 aliphatic rings. The largest absolute Gasteiger partial charge is 0.378 e. The summed E-state index contributed by atoms with van der Waals surface area (Å²) >= 11 is 0. The van der Waals surface area contributed by atoms with Gasteiger partial charge in [0.1, 0.15) is 0 Å². The van der Waals surface area contributed by atoms with Gasteiger partial charge >= 0.3 is 0 Å². The molecule has 1 aliphatic heterocycles. The first-order valence-corrected chi connectivity index (χ1v) is 8.81. The smallest absolute Gasteiger partial charge is 0.224 e.